The number of hydrogen-bond acceptors (Lipinski definition) is 3. The molecule has 0 aromatic rings. The normalized spacial score (nSPS) is 41.5. The average Bonchev–Trinajstić information content (AvgIpc) is 3.02. The van der Waals surface area contributed by atoms with Gasteiger partial charge in [0.1, 0.15) is 5.60 Å². The molecule has 2 saturated carbocycles. The van der Waals surface area contributed by atoms with Gasteiger partial charge in [0.25, 0.3) is 0 Å². The molecule has 2 fully saturated rings. The molecule has 0 radical (unpaired) electrons. The van der Waals surface area contributed by atoms with Gasteiger partial charge in [0.15, 0.2) is 11.6 Å². The third kappa shape index (κ3) is 3.36. The number of carbonyl (C=O) groups excluding carboxylic acids is 2. The second kappa shape index (κ2) is 7.43. The first-order chi connectivity index (χ1) is 14.0. The van der Waals surface area contributed by atoms with Gasteiger partial charge in [-0.2, -0.15) is 0 Å². The fourth-order valence-electron chi connectivity index (χ4n) is 7.88. The molecule has 0 aromatic carbocycles. The number of hydrogen-bond donors (Lipinski definition) is 1. The highest BCUT2D eigenvalue weighted by Crippen LogP contribution is 2.66. The monoisotopic (exact) mass is 412 g/mol. The van der Waals surface area contributed by atoms with Crippen LogP contribution in [0.15, 0.2) is 23.8 Å². The van der Waals surface area contributed by atoms with E-state index in [4.69, 9.17) is 0 Å². The SMILES string of the molecule is C[C@H](CCC(=O)C(C)(C)O)[C@H]1CC[C@H]2[C@@H]3C(=O)C=C4C=CCC[C@]4(C)[C@H]3CC[C@]12C. The van der Waals surface area contributed by atoms with Crippen molar-refractivity contribution in [3.8, 4) is 0 Å². The van der Waals surface area contributed by atoms with Crippen LogP contribution < -0.4 is 0 Å². The molecule has 1 N–H and O–H groups in total. The summed E-state index contributed by atoms with van der Waals surface area (Å²) >= 11 is 0. The fraction of sp³-hybridized carbons (Fsp3) is 0.778. The lowest BCUT2D eigenvalue weighted by atomic mass is 9.47. The lowest BCUT2D eigenvalue weighted by Gasteiger charge is -2.56. The number of ketones is 2. The molecule has 0 spiro atoms. The van der Waals surface area contributed by atoms with Crippen molar-refractivity contribution in [3.05, 3.63) is 23.8 Å². The quantitative estimate of drug-likeness (QED) is 0.633. The molecule has 0 bridgehead atoms. The molecular weight excluding hydrogens is 372 g/mol. The van der Waals surface area contributed by atoms with Gasteiger partial charge in [0, 0.05) is 12.3 Å². The molecule has 0 aliphatic heterocycles. The standard InChI is InChI=1S/C27H40O3/c1-17(9-12-23(29)25(2,3)30)19-10-11-20-24-21(13-15-27(19,20)5)26(4)14-7-6-8-18(26)16-22(24)28/h6,8,16-17,19-21,24,30H,7,9-15H2,1-5H3/t17-,19-,20+,21+,24+,26+,27-/m1/s1. The van der Waals surface area contributed by atoms with Gasteiger partial charge in [-0.05, 0) is 105 Å². The Kier molecular flexibility index (Phi) is 5.45. The van der Waals surface area contributed by atoms with E-state index in [0.29, 0.717) is 35.9 Å². The minimum Gasteiger partial charge on any atom is -0.383 e. The lowest BCUT2D eigenvalue weighted by molar-refractivity contribution is -0.135. The van der Waals surface area contributed by atoms with E-state index in [1.54, 1.807) is 13.8 Å². The molecule has 7 atom stereocenters. The maximum Gasteiger partial charge on any atom is 0.163 e. The highest BCUT2D eigenvalue weighted by atomic mass is 16.3. The fourth-order valence-corrected chi connectivity index (χ4v) is 7.88. The second-order valence-electron chi connectivity index (χ2n) is 11.8. The first-order valence-corrected chi connectivity index (χ1v) is 12.2. The Hall–Kier alpha value is -1.22. The van der Waals surface area contributed by atoms with E-state index in [1.165, 1.54) is 24.8 Å². The number of aliphatic hydroxyl groups is 1. The Balaban J connectivity index is 1.54. The third-order valence-electron chi connectivity index (χ3n) is 9.77. The molecule has 3 heteroatoms. The predicted octanol–water partition coefficient (Wildman–Crippen LogP) is 5.67. The number of fused-ring (bicyclic) bond motifs is 5. The van der Waals surface area contributed by atoms with Crippen molar-refractivity contribution in [2.24, 2.45) is 40.4 Å². The Morgan fingerprint density at radius 1 is 1.20 bits per heavy atom. The third-order valence-corrected chi connectivity index (χ3v) is 9.77. The van der Waals surface area contributed by atoms with Crippen molar-refractivity contribution in [2.75, 3.05) is 0 Å². The number of rotatable bonds is 5. The Labute approximate surface area is 182 Å². The molecule has 0 saturated heterocycles. The Morgan fingerprint density at radius 3 is 2.63 bits per heavy atom. The smallest absolute Gasteiger partial charge is 0.163 e. The van der Waals surface area contributed by atoms with Crippen molar-refractivity contribution in [1.29, 1.82) is 0 Å². The molecular formula is C27H40O3. The molecule has 4 aliphatic carbocycles. The molecule has 0 unspecified atom stereocenters. The summed E-state index contributed by atoms with van der Waals surface area (Å²) < 4.78 is 0. The number of allylic oxidation sites excluding steroid dienone is 4. The summed E-state index contributed by atoms with van der Waals surface area (Å²) in [6, 6.07) is 0. The van der Waals surface area contributed by atoms with E-state index >= 15 is 0 Å². The van der Waals surface area contributed by atoms with Crippen LogP contribution in [0, 0.1) is 40.4 Å². The van der Waals surface area contributed by atoms with Crippen LogP contribution in [0.2, 0.25) is 0 Å². The minimum absolute atomic E-state index is 0.0591. The van der Waals surface area contributed by atoms with E-state index in [1.807, 2.05) is 6.08 Å². The van der Waals surface area contributed by atoms with Crippen molar-refractivity contribution >= 4 is 11.6 Å². The van der Waals surface area contributed by atoms with Crippen molar-refractivity contribution < 1.29 is 14.7 Å². The molecule has 0 aromatic heterocycles. The van der Waals surface area contributed by atoms with Gasteiger partial charge in [-0.3, -0.25) is 9.59 Å². The number of Topliss-reactive ketones (excluding diaryl/α,β-unsaturated/α-hetero) is 1. The maximum absolute atomic E-state index is 13.3. The van der Waals surface area contributed by atoms with Gasteiger partial charge in [0.05, 0.1) is 0 Å². The topological polar surface area (TPSA) is 54.4 Å². The zero-order valence-electron chi connectivity index (χ0n) is 19.5. The van der Waals surface area contributed by atoms with Crippen LogP contribution in [0.25, 0.3) is 0 Å². The summed E-state index contributed by atoms with van der Waals surface area (Å²) in [5.41, 5.74) is 0.400. The first-order valence-electron chi connectivity index (χ1n) is 12.2. The Bertz CT molecular complexity index is 784. The molecule has 4 aliphatic rings. The van der Waals surface area contributed by atoms with E-state index in [-0.39, 0.29) is 22.5 Å². The van der Waals surface area contributed by atoms with Crippen LogP contribution in [0.4, 0.5) is 0 Å². The zero-order chi connectivity index (χ0) is 21.9. The lowest BCUT2D eigenvalue weighted by Crippen LogP contribution is -2.52. The van der Waals surface area contributed by atoms with Gasteiger partial charge < -0.3 is 5.11 Å². The van der Waals surface area contributed by atoms with Gasteiger partial charge in [-0.15, -0.1) is 0 Å². The van der Waals surface area contributed by atoms with E-state index in [9.17, 15) is 14.7 Å². The van der Waals surface area contributed by atoms with Gasteiger partial charge in [-0.1, -0.05) is 32.9 Å². The Morgan fingerprint density at radius 2 is 1.93 bits per heavy atom. The van der Waals surface area contributed by atoms with Gasteiger partial charge in [0.2, 0.25) is 0 Å². The van der Waals surface area contributed by atoms with Crippen LogP contribution in [0.1, 0.15) is 86.0 Å². The van der Waals surface area contributed by atoms with Crippen molar-refractivity contribution in [2.45, 2.75) is 91.6 Å². The summed E-state index contributed by atoms with van der Waals surface area (Å²) in [6.07, 6.45) is 14.7. The highest BCUT2D eigenvalue weighted by molar-refractivity contribution is 5.95. The van der Waals surface area contributed by atoms with Crippen LogP contribution >= 0.6 is 0 Å². The summed E-state index contributed by atoms with van der Waals surface area (Å²) in [7, 11) is 0. The average molecular weight is 413 g/mol. The number of carbonyl (C=O) groups is 2. The van der Waals surface area contributed by atoms with Crippen molar-refractivity contribution in [3.63, 3.8) is 0 Å². The summed E-state index contributed by atoms with van der Waals surface area (Å²) in [6.45, 7) is 10.3. The zero-order valence-corrected chi connectivity index (χ0v) is 19.5. The molecule has 3 nitrogen and oxygen atoms in total. The van der Waals surface area contributed by atoms with E-state index in [0.717, 1.165) is 25.7 Å². The first kappa shape index (κ1) is 22.0. The summed E-state index contributed by atoms with van der Waals surface area (Å²) in [4.78, 5) is 25.6. The summed E-state index contributed by atoms with van der Waals surface area (Å²) in [5, 5.41) is 9.98. The minimum atomic E-state index is -1.23. The predicted molar refractivity (Wildman–Crippen MR) is 120 cm³/mol. The maximum atomic E-state index is 13.3. The van der Waals surface area contributed by atoms with Crippen LogP contribution in [-0.2, 0) is 9.59 Å². The van der Waals surface area contributed by atoms with Gasteiger partial charge >= 0.3 is 0 Å². The highest BCUT2D eigenvalue weighted by Gasteiger charge is 2.60. The molecule has 166 valence electrons. The van der Waals surface area contributed by atoms with Crippen LogP contribution in [-0.4, -0.2) is 22.3 Å². The molecule has 4 rings (SSSR count). The molecule has 0 heterocycles. The van der Waals surface area contributed by atoms with Crippen LogP contribution in [0.3, 0.4) is 0 Å². The van der Waals surface area contributed by atoms with Crippen LogP contribution in [0.5, 0.6) is 0 Å². The van der Waals surface area contributed by atoms with E-state index in [2.05, 4.69) is 32.9 Å². The van der Waals surface area contributed by atoms with Gasteiger partial charge in [-0.25, -0.2) is 0 Å². The second-order valence-corrected chi connectivity index (χ2v) is 11.8. The molecule has 30 heavy (non-hydrogen) atoms. The molecule has 0 amide bonds. The summed E-state index contributed by atoms with van der Waals surface area (Å²) in [5.74, 6) is 2.47. The largest absolute Gasteiger partial charge is 0.383 e. The van der Waals surface area contributed by atoms with Crippen molar-refractivity contribution in [1.82, 2.24) is 0 Å². The van der Waals surface area contributed by atoms with E-state index < -0.39 is 5.60 Å².